The minimum absolute atomic E-state index is 0.121. The Bertz CT molecular complexity index is 124. The largest absolute Gasteiger partial charge is 0.393 e. The molecule has 0 aliphatic heterocycles. The molecule has 1 fully saturated rings. The summed E-state index contributed by atoms with van der Waals surface area (Å²) in [6.07, 6.45) is 4.26. The average molecular weight is 154 g/mol. The Hall–Kier alpha value is -0.345. The molecule has 61 valence electrons. The molecule has 0 aromatic rings. The van der Waals surface area contributed by atoms with Crippen molar-refractivity contribution in [1.82, 2.24) is 5.23 Å². The van der Waals surface area contributed by atoms with Crippen LogP contribution in [0.15, 0.2) is 0 Å². The van der Waals surface area contributed by atoms with E-state index in [0.717, 1.165) is 31.9 Å². The van der Waals surface area contributed by atoms with Gasteiger partial charge in [-0.25, -0.2) is 0 Å². The highest BCUT2D eigenvalue weighted by atomic mass is 16.3. The van der Waals surface area contributed by atoms with E-state index in [1.54, 1.807) is 0 Å². The van der Waals surface area contributed by atoms with Crippen molar-refractivity contribution in [3.63, 3.8) is 0 Å². The van der Waals surface area contributed by atoms with E-state index in [4.69, 9.17) is 5.11 Å². The highest BCUT2D eigenvalue weighted by Gasteiger charge is 2.18. The summed E-state index contributed by atoms with van der Waals surface area (Å²) >= 11 is 0. The van der Waals surface area contributed by atoms with Crippen LogP contribution in [0.3, 0.4) is 0 Å². The van der Waals surface area contributed by atoms with Gasteiger partial charge in [0.15, 0.2) is 0 Å². The molecule has 0 atom stereocenters. The first-order chi connectivity index (χ1) is 5.33. The van der Waals surface area contributed by atoms with Gasteiger partial charge in [-0.15, -0.1) is 0 Å². The maximum Gasteiger partial charge on any atom is 0.290 e. The molecule has 1 radical (unpaired) electrons. The van der Waals surface area contributed by atoms with Gasteiger partial charge in [-0.1, -0.05) is 0 Å². The van der Waals surface area contributed by atoms with Crippen LogP contribution in [0.1, 0.15) is 25.7 Å². The molecule has 0 aromatic carbocycles. The fourth-order valence-corrected chi connectivity index (χ4v) is 1.42. The molecule has 3 nitrogen and oxygen atoms in total. The van der Waals surface area contributed by atoms with E-state index in [0.29, 0.717) is 6.04 Å². The molecule has 0 spiro atoms. The van der Waals surface area contributed by atoms with E-state index in [9.17, 15) is 4.79 Å². The lowest BCUT2D eigenvalue weighted by atomic mass is 9.88. The van der Waals surface area contributed by atoms with Crippen LogP contribution in [0.25, 0.3) is 0 Å². The van der Waals surface area contributed by atoms with Gasteiger partial charge in [-0.3, -0.25) is 0 Å². The third-order valence-corrected chi connectivity index (χ3v) is 2.10. The Labute approximate surface area is 67.4 Å². The topological polar surface area (TPSA) is 49.3 Å². The first-order valence-corrected chi connectivity index (χ1v) is 4.04. The van der Waals surface area contributed by atoms with Gasteiger partial charge in [0.05, 0.1) is 12.3 Å². The van der Waals surface area contributed by atoms with Crippen LogP contribution in [-0.4, -0.2) is 30.9 Å². The molecule has 2 N–H and O–H groups in total. The van der Waals surface area contributed by atoms with Crippen LogP contribution in [0.4, 0.5) is 0 Å². The lowest BCUT2D eigenvalue weighted by molar-refractivity contribution is 0.121. The van der Waals surface area contributed by atoms with Gasteiger partial charge in [0.2, 0.25) is 0 Å². The molecule has 0 bridgehead atoms. The predicted molar refractivity (Wildman–Crippen MR) is 43.9 cm³/mol. The summed E-state index contributed by atoms with van der Waals surface area (Å²) in [6, 6.07) is 0.392. The zero-order chi connectivity index (χ0) is 8.10. The number of nitrogens with one attached hydrogen (secondary N) is 1. The van der Waals surface area contributed by atoms with Crippen molar-refractivity contribution in [1.29, 1.82) is 0 Å². The second-order valence-electron chi connectivity index (χ2n) is 2.97. The zero-order valence-corrected chi connectivity index (χ0v) is 6.49. The van der Waals surface area contributed by atoms with Crippen LogP contribution in [0, 0.1) is 0 Å². The zero-order valence-electron chi connectivity index (χ0n) is 6.49. The van der Waals surface area contributed by atoms with Crippen molar-refractivity contribution < 1.29 is 9.90 Å². The summed E-state index contributed by atoms with van der Waals surface area (Å²) in [6.45, 7) is 0. The molecule has 0 aromatic heterocycles. The van der Waals surface area contributed by atoms with Crippen molar-refractivity contribution in [2.45, 2.75) is 37.8 Å². The number of hydrogen-bond donors (Lipinski definition) is 2. The first-order valence-electron chi connectivity index (χ1n) is 4.04. The number of aliphatic hydroxyl groups is 1. The van der Waals surface area contributed by atoms with Gasteiger partial charge < -0.3 is 15.1 Å². The molecule has 0 saturated heterocycles. The number of carbonyl (C=O) groups is 1. The minimum Gasteiger partial charge on any atom is -0.393 e. The minimum atomic E-state index is -0.121. The van der Waals surface area contributed by atoms with Crippen LogP contribution in [-0.2, 0) is 4.79 Å². The van der Waals surface area contributed by atoms with Crippen LogP contribution in [0.2, 0.25) is 0 Å². The fourth-order valence-electron chi connectivity index (χ4n) is 1.42. The summed E-state index contributed by atoms with van der Waals surface area (Å²) in [5, 5.41) is 12.1. The highest BCUT2D eigenvalue weighted by molar-refractivity contribution is 6.64. The number of carbonyl (C=O) groups excluding carboxylic acids is 1. The third-order valence-electron chi connectivity index (χ3n) is 2.10. The maximum absolute atomic E-state index is 9.94. The van der Waals surface area contributed by atoms with Gasteiger partial charge in [0.25, 0.3) is 7.41 Å². The normalized spacial score (nSPS) is 31.4. The van der Waals surface area contributed by atoms with Crippen molar-refractivity contribution in [3.05, 3.63) is 0 Å². The third kappa shape index (κ3) is 3.03. The Kier molecular flexibility index (Phi) is 3.59. The van der Waals surface area contributed by atoms with E-state index >= 15 is 0 Å². The Morgan fingerprint density at radius 3 is 2.55 bits per heavy atom. The van der Waals surface area contributed by atoms with Crippen LogP contribution < -0.4 is 5.23 Å². The molecule has 1 aliphatic rings. The summed E-state index contributed by atoms with van der Waals surface area (Å²) in [4.78, 5) is 9.94. The number of rotatable bonds is 3. The molecule has 4 heteroatoms. The molecule has 0 amide bonds. The van der Waals surface area contributed by atoms with Crippen LogP contribution in [0.5, 0.6) is 0 Å². The van der Waals surface area contributed by atoms with Gasteiger partial charge in [0, 0.05) is 0 Å². The van der Waals surface area contributed by atoms with E-state index in [2.05, 4.69) is 5.23 Å². The molecule has 0 unspecified atom stereocenters. The van der Waals surface area contributed by atoms with Gasteiger partial charge in [-0.05, 0) is 31.7 Å². The summed E-state index contributed by atoms with van der Waals surface area (Å²) < 4.78 is 0. The smallest absolute Gasteiger partial charge is 0.290 e. The quantitative estimate of drug-likeness (QED) is 0.433. The molecule has 1 rings (SSSR count). The molecular weight excluding hydrogens is 141 g/mol. The molecule has 1 aliphatic carbocycles. The monoisotopic (exact) mass is 154 g/mol. The second kappa shape index (κ2) is 4.52. The first kappa shape index (κ1) is 8.75. The van der Waals surface area contributed by atoms with Gasteiger partial charge >= 0.3 is 0 Å². The van der Waals surface area contributed by atoms with Crippen molar-refractivity contribution in [2.24, 2.45) is 0 Å². The van der Waals surface area contributed by atoms with E-state index in [1.165, 1.54) is 7.41 Å². The second-order valence-corrected chi connectivity index (χ2v) is 2.97. The van der Waals surface area contributed by atoms with Crippen molar-refractivity contribution >= 4 is 13.6 Å². The van der Waals surface area contributed by atoms with Gasteiger partial charge in [0.1, 0.15) is 0 Å². The molecule has 11 heavy (non-hydrogen) atoms. The fraction of sp³-hybridized carbons (Fsp3) is 0.857. The van der Waals surface area contributed by atoms with Gasteiger partial charge in [-0.2, -0.15) is 0 Å². The standard InChI is InChI=1S/C7H13BNO2/c10-5-8-9-6-1-3-7(11)4-2-6/h5-7,9,11H,1-4H2. The van der Waals surface area contributed by atoms with E-state index < -0.39 is 0 Å². The average Bonchev–Trinajstić information content (AvgIpc) is 2.04. The van der Waals surface area contributed by atoms with Crippen LogP contribution >= 0.6 is 0 Å². The molecule has 0 heterocycles. The van der Waals surface area contributed by atoms with E-state index in [1.807, 2.05) is 0 Å². The Balaban J connectivity index is 2.12. The Morgan fingerprint density at radius 2 is 2.00 bits per heavy atom. The molecule has 1 saturated carbocycles. The lowest BCUT2D eigenvalue weighted by Crippen LogP contribution is -2.37. The summed E-state index contributed by atoms with van der Waals surface area (Å²) in [5.74, 6) is 0. The number of aliphatic hydroxyl groups excluding tert-OH is 1. The van der Waals surface area contributed by atoms with Crippen molar-refractivity contribution in [3.8, 4) is 0 Å². The van der Waals surface area contributed by atoms with Crippen molar-refractivity contribution in [2.75, 3.05) is 0 Å². The number of hydrogen-bond acceptors (Lipinski definition) is 3. The SMILES string of the molecule is O=C[B]NC1CCC(O)CC1. The summed E-state index contributed by atoms with van der Waals surface area (Å²) in [5.41, 5.74) is 0. The molecular formula is C7H13BNO2. The van der Waals surface area contributed by atoms with E-state index in [-0.39, 0.29) is 6.10 Å². The lowest BCUT2D eigenvalue weighted by Gasteiger charge is -2.25. The summed E-state index contributed by atoms with van der Waals surface area (Å²) in [7, 11) is 1.43. The predicted octanol–water partition coefficient (Wildman–Crippen LogP) is -0.311. The maximum atomic E-state index is 9.94. The Morgan fingerprint density at radius 1 is 1.36 bits per heavy atom. The highest BCUT2D eigenvalue weighted by Crippen LogP contribution is 2.17.